The zero-order valence-electron chi connectivity index (χ0n) is 21.8. The molecule has 2 N–H and O–H groups in total. The maximum absolute atomic E-state index is 12.7. The Balaban J connectivity index is 1.46. The number of benzene rings is 4. The second kappa shape index (κ2) is 13.3. The van der Waals surface area contributed by atoms with Crippen LogP contribution >= 0.6 is 0 Å². The van der Waals surface area contributed by atoms with E-state index in [4.69, 9.17) is 9.47 Å². The number of aryl methyl sites for hydroxylation is 1. The summed E-state index contributed by atoms with van der Waals surface area (Å²) in [6.45, 7) is 1.27. The van der Waals surface area contributed by atoms with Gasteiger partial charge in [0.25, 0.3) is 5.91 Å². The first kappa shape index (κ1) is 28.9. The maximum Gasteiger partial charge on any atom is 0.343 e. The Bertz CT molecular complexity index is 1670. The lowest BCUT2D eigenvalue weighted by Crippen LogP contribution is -2.34. The van der Waals surface area contributed by atoms with E-state index in [0.717, 1.165) is 5.56 Å². The summed E-state index contributed by atoms with van der Waals surface area (Å²) in [6.07, 6.45) is 1.21. The van der Waals surface area contributed by atoms with Crippen molar-refractivity contribution in [2.24, 2.45) is 5.10 Å². The van der Waals surface area contributed by atoms with E-state index in [1.54, 1.807) is 72.8 Å². The number of rotatable bonds is 10. The maximum atomic E-state index is 12.7. The van der Waals surface area contributed by atoms with Gasteiger partial charge in [-0.2, -0.15) is 5.10 Å². The van der Waals surface area contributed by atoms with Crippen LogP contribution in [0.25, 0.3) is 0 Å². The normalized spacial score (nSPS) is 11.1. The van der Waals surface area contributed by atoms with Crippen molar-refractivity contribution in [3.05, 3.63) is 125 Å². The van der Waals surface area contributed by atoms with Crippen molar-refractivity contribution in [3.8, 4) is 11.5 Å². The average Bonchev–Trinajstić information content (AvgIpc) is 2.98. The SMILES string of the molecule is Cc1ccc(S(=O)(=O)NCC(=O)N/N=C/c2ccc(OC(=O)c3ccccc3)cc2OC(=O)c2ccccc2)cc1. The number of ether oxygens (including phenoxy) is 2. The number of nitrogens with one attached hydrogen (secondary N) is 2. The van der Waals surface area contributed by atoms with Gasteiger partial charge in [0.05, 0.1) is 28.8 Å². The van der Waals surface area contributed by atoms with E-state index in [2.05, 4.69) is 15.2 Å². The fraction of sp³-hybridized carbons (Fsp3) is 0.0667. The van der Waals surface area contributed by atoms with Gasteiger partial charge in [0.2, 0.25) is 10.0 Å². The minimum absolute atomic E-state index is 0.00953. The van der Waals surface area contributed by atoms with Crippen LogP contribution in [0.15, 0.2) is 113 Å². The Morgan fingerprint density at radius 3 is 1.98 bits per heavy atom. The van der Waals surface area contributed by atoms with Crippen LogP contribution in [0.3, 0.4) is 0 Å². The van der Waals surface area contributed by atoms with Gasteiger partial charge in [0.1, 0.15) is 11.5 Å². The lowest BCUT2D eigenvalue weighted by atomic mass is 10.2. The van der Waals surface area contributed by atoms with Gasteiger partial charge >= 0.3 is 11.9 Å². The number of nitrogens with zero attached hydrogens (tertiary/aromatic N) is 1. The minimum atomic E-state index is -3.89. The van der Waals surface area contributed by atoms with E-state index >= 15 is 0 Å². The quantitative estimate of drug-likeness (QED) is 0.127. The molecule has 41 heavy (non-hydrogen) atoms. The van der Waals surface area contributed by atoms with E-state index < -0.39 is 34.4 Å². The van der Waals surface area contributed by atoms with Gasteiger partial charge in [-0.05, 0) is 55.5 Å². The molecule has 0 heterocycles. The van der Waals surface area contributed by atoms with E-state index in [-0.39, 0.29) is 27.5 Å². The standard InChI is InChI=1S/C30H25N3O7S/c1-21-12-16-26(17-13-21)41(37,38)32-20-28(34)33-31-19-24-14-15-25(39-29(35)22-8-4-2-5-9-22)18-27(24)40-30(36)23-10-6-3-7-11-23/h2-19,32H,20H2,1H3,(H,33,34)/b31-19+. The molecule has 11 heteroatoms. The second-order valence-corrected chi connectivity index (χ2v) is 10.4. The van der Waals surface area contributed by atoms with E-state index in [0.29, 0.717) is 5.56 Å². The van der Waals surface area contributed by atoms with Crippen LogP contribution < -0.4 is 19.6 Å². The predicted molar refractivity (Wildman–Crippen MR) is 151 cm³/mol. The summed E-state index contributed by atoms with van der Waals surface area (Å²) in [5.74, 6) is -1.88. The zero-order chi connectivity index (χ0) is 29.2. The van der Waals surface area contributed by atoms with Crippen molar-refractivity contribution in [3.63, 3.8) is 0 Å². The largest absolute Gasteiger partial charge is 0.423 e. The fourth-order valence-corrected chi connectivity index (χ4v) is 4.40. The molecule has 4 aromatic rings. The lowest BCUT2D eigenvalue weighted by molar-refractivity contribution is -0.119. The molecule has 0 atom stereocenters. The highest BCUT2D eigenvalue weighted by atomic mass is 32.2. The van der Waals surface area contributed by atoms with Crippen LogP contribution in [0.4, 0.5) is 0 Å². The van der Waals surface area contributed by atoms with Crippen LogP contribution in [0.1, 0.15) is 31.8 Å². The molecule has 1 amide bonds. The van der Waals surface area contributed by atoms with Crippen LogP contribution in [-0.4, -0.2) is 39.0 Å². The first-order valence-electron chi connectivity index (χ1n) is 12.3. The Morgan fingerprint density at radius 2 is 1.37 bits per heavy atom. The molecule has 0 saturated carbocycles. The number of hydrogen-bond donors (Lipinski definition) is 2. The highest BCUT2D eigenvalue weighted by molar-refractivity contribution is 7.89. The summed E-state index contributed by atoms with van der Waals surface area (Å²) in [7, 11) is -3.89. The van der Waals surface area contributed by atoms with Gasteiger partial charge in [-0.3, -0.25) is 4.79 Å². The summed E-state index contributed by atoms with van der Waals surface area (Å²) in [5.41, 5.74) is 4.01. The molecule has 0 unspecified atom stereocenters. The molecule has 0 spiro atoms. The molecule has 208 valence electrons. The van der Waals surface area contributed by atoms with Crippen molar-refractivity contribution >= 4 is 34.1 Å². The third-order valence-electron chi connectivity index (χ3n) is 5.56. The Hall–Kier alpha value is -5.13. The molecule has 0 aliphatic carbocycles. The van der Waals surface area contributed by atoms with Crippen LogP contribution in [0.2, 0.25) is 0 Å². The molecule has 10 nitrogen and oxygen atoms in total. The molecule has 0 aliphatic rings. The molecule has 4 rings (SSSR count). The first-order valence-corrected chi connectivity index (χ1v) is 13.8. The molecule has 4 aromatic carbocycles. The summed E-state index contributed by atoms with van der Waals surface area (Å²) in [5, 5.41) is 3.85. The van der Waals surface area contributed by atoms with Gasteiger partial charge in [0.15, 0.2) is 0 Å². The predicted octanol–water partition coefficient (Wildman–Crippen LogP) is 3.86. The number of esters is 2. The molecule has 0 aliphatic heterocycles. The van der Waals surface area contributed by atoms with Crippen LogP contribution in [-0.2, 0) is 14.8 Å². The van der Waals surface area contributed by atoms with Gasteiger partial charge in [-0.15, -0.1) is 0 Å². The van der Waals surface area contributed by atoms with Crippen molar-refractivity contribution in [2.75, 3.05) is 6.54 Å². The fourth-order valence-electron chi connectivity index (χ4n) is 3.42. The number of hydrogen-bond acceptors (Lipinski definition) is 8. The average molecular weight is 572 g/mol. The molecule has 0 saturated heterocycles. The topological polar surface area (TPSA) is 140 Å². The van der Waals surface area contributed by atoms with E-state index in [1.165, 1.54) is 36.5 Å². The van der Waals surface area contributed by atoms with Gasteiger partial charge < -0.3 is 9.47 Å². The van der Waals surface area contributed by atoms with Crippen LogP contribution in [0.5, 0.6) is 11.5 Å². The Labute approximate surface area is 236 Å². The summed E-state index contributed by atoms with van der Waals surface area (Å²) in [4.78, 5) is 37.4. The second-order valence-electron chi connectivity index (χ2n) is 8.64. The first-order chi connectivity index (χ1) is 19.7. The van der Waals surface area contributed by atoms with Gasteiger partial charge in [0, 0.05) is 11.6 Å². The lowest BCUT2D eigenvalue weighted by Gasteiger charge is -2.11. The van der Waals surface area contributed by atoms with Crippen molar-refractivity contribution in [2.45, 2.75) is 11.8 Å². The van der Waals surface area contributed by atoms with Crippen molar-refractivity contribution in [1.29, 1.82) is 0 Å². The molecule has 0 aromatic heterocycles. The summed E-state index contributed by atoms with van der Waals surface area (Å²) in [6, 6.07) is 27.1. The smallest absolute Gasteiger partial charge is 0.343 e. The van der Waals surface area contributed by atoms with Crippen molar-refractivity contribution < 1.29 is 32.3 Å². The van der Waals surface area contributed by atoms with E-state index in [1.807, 2.05) is 6.92 Å². The highest BCUT2D eigenvalue weighted by Crippen LogP contribution is 2.26. The Morgan fingerprint density at radius 1 is 0.780 bits per heavy atom. The number of hydrazone groups is 1. The molecule has 0 bridgehead atoms. The third kappa shape index (κ3) is 8.18. The molecular formula is C30H25N3O7S. The van der Waals surface area contributed by atoms with Gasteiger partial charge in [-0.1, -0.05) is 54.1 Å². The zero-order valence-corrected chi connectivity index (χ0v) is 22.6. The monoisotopic (exact) mass is 571 g/mol. The summed E-state index contributed by atoms with van der Waals surface area (Å²) >= 11 is 0. The minimum Gasteiger partial charge on any atom is -0.423 e. The van der Waals surface area contributed by atoms with E-state index in [9.17, 15) is 22.8 Å². The third-order valence-corrected chi connectivity index (χ3v) is 6.98. The highest BCUT2D eigenvalue weighted by Gasteiger charge is 2.16. The molecule has 0 fully saturated rings. The summed E-state index contributed by atoms with van der Waals surface area (Å²) < 4.78 is 38.0. The van der Waals surface area contributed by atoms with Crippen molar-refractivity contribution in [1.82, 2.24) is 10.1 Å². The Kier molecular flexibility index (Phi) is 9.35. The molecule has 0 radical (unpaired) electrons. The number of carbonyl (C=O) groups is 3. The van der Waals surface area contributed by atoms with Crippen LogP contribution in [0, 0.1) is 6.92 Å². The van der Waals surface area contributed by atoms with Gasteiger partial charge in [-0.25, -0.2) is 28.2 Å². The molecular weight excluding hydrogens is 546 g/mol. The number of carbonyl (C=O) groups excluding carboxylic acids is 3. The number of sulfonamides is 1. The number of amides is 1.